The van der Waals surface area contributed by atoms with Crippen LogP contribution in [-0.2, 0) is 16.1 Å². The van der Waals surface area contributed by atoms with E-state index in [4.69, 9.17) is 4.74 Å². The first-order valence-corrected chi connectivity index (χ1v) is 9.33. The maximum Gasteiger partial charge on any atom is 0.239 e. The molecule has 0 aromatic carbocycles. The van der Waals surface area contributed by atoms with Crippen LogP contribution in [0.5, 0.6) is 0 Å². The van der Waals surface area contributed by atoms with Crippen molar-refractivity contribution in [3.63, 3.8) is 0 Å². The first-order chi connectivity index (χ1) is 12.1. The van der Waals surface area contributed by atoms with Crippen LogP contribution in [0.25, 0.3) is 0 Å². The summed E-state index contributed by atoms with van der Waals surface area (Å²) < 4.78 is 7.80. The second-order valence-electron chi connectivity index (χ2n) is 7.18. The topological polar surface area (TPSA) is 70.3 Å². The molecule has 1 N–H and O–H groups in total. The van der Waals surface area contributed by atoms with Crippen molar-refractivity contribution in [3.8, 4) is 6.07 Å². The maximum atomic E-state index is 12.6. The first-order valence-electron chi connectivity index (χ1n) is 9.33. The van der Waals surface area contributed by atoms with Crippen molar-refractivity contribution in [3.05, 3.63) is 16.8 Å². The highest BCUT2D eigenvalue weighted by atomic mass is 16.5. The van der Waals surface area contributed by atoms with Gasteiger partial charge in [0.2, 0.25) is 5.91 Å². The maximum absolute atomic E-state index is 12.6. The zero-order valence-electron chi connectivity index (χ0n) is 15.3. The van der Waals surface area contributed by atoms with Crippen LogP contribution >= 0.6 is 0 Å². The molecule has 1 amide bonds. The lowest BCUT2D eigenvalue weighted by Gasteiger charge is -2.26. The summed E-state index contributed by atoms with van der Waals surface area (Å²) in [7, 11) is 0. The Kier molecular flexibility index (Phi) is 5.77. The number of hydrogen-bond acceptors (Lipinski definition) is 4. The molecule has 3 heterocycles. The Bertz CT molecular complexity index is 662. The Morgan fingerprint density at radius 3 is 2.68 bits per heavy atom. The minimum absolute atomic E-state index is 0.0375. The monoisotopic (exact) mass is 344 g/mol. The average Bonchev–Trinajstić information content (AvgIpc) is 3.19. The van der Waals surface area contributed by atoms with E-state index >= 15 is 0 Å². The number of likely N-dealkylation sites (tertiary alicyclic amines) is 1. The van der Waals surface area contributed by atoms with Crippen molar-refractivity contribution in [1.29, 1.82) is 5.26 Å². The Labute approximate surface area is 149 Å². The van der Waals surface area contributed by atoms with Gasteiger partial charge in [0.25, 0.3) is 0 Å². The molecule has 1 atom stereocenters. The molecule has 3 rings (SSSR count). The molecule has 2 fully saturated rings. The van der Waals surface area contributed by atoms with Crippen molar-refractivity contribution in [1.82, 2.24) is 9.47 Å². The number of ether oxygens (including phenoxy) is 1. The fraction of sp³-hybridized carbons (Fsp3) is 0.684. The van der Waals surface area contributed by atoms with Crippen LogP contribution in [0.1, 0.15) is 48.9 Å². The lowest BCUT2D eigenvalue weighted by atomic mass is 10.1. The van der Waals surface area contributed by atoms with Gasteiger partial charge >= 0.3 is 0 Å². The molecule has 1 aromatic heterocycles. The molecular formula is C19H28N4O2. The third-order valence-electron chi connectivity index (χ3n) is 5.43. The predicted molar refractivity (Wildman–Crippen MR) is 96.5 cm³/mol. The third-order valence-corrected chi connectivity index (χ3v) is 5.43. The molecule has 2 aliphatic rings. The summed E-state index contributed by atoms with van der Waals surface area (Å²) in [5.74, 6) is 0.597. The van der Waals surface area contributed by atoms with Crippen molar-refractivity contribution < 1.29 is 9.53 Å². The van der Waals surface area contributed by atoms with Gasteiger partial charge in [-0.2, -0.15) is 5.26 Å². The summed E-state index contributed by atoms with van der Waals surface area (Å²) >= 11 is 0. The van der Waals surface area contributed by atoms with Gasteiger partial charge in [-0.3, -0.25) is 9.69 Å². The number of piperidine rings is 1. The summed E-state index contributed by atoms with van der Waals surface area (Å²) in [5, 5.41) is 12.6. The van der Waals surface area contributed by atoms with E-state index in [9.17, 15) is 10.1 Å². The van der Waals surface area contributed by atoms with Crippen LogP contribution in [0, 0.1) is 25.2 Å². The molecule has 0 radical (unpaired) electrons. The molecule has 25 heavy (non-hydrogen) atoms. The normalized spacial score (nSPS) is 21.2. The van der Waals surface area contributed by atoms with E-state index in [-0.39, 0.29) is 12.0 Å². The largest absolute Gasteiger partial charge is 0.376 e. The zero-order chi connectivity index (χ0) is 17.8. The highest BCUT2D eigenvalue weighted by Crippen LogP contribution is 2.28. The average molecular weight is 344 g/mol. The standard InChI is InChI=1S/C19H28N4O2/c1-14-15(2)23(12-16-7-6-10-25-16)19(17(14)11-20)21-18(24)13-22-8-4-3-5-9-22/h16H,3-10,12-13H2,1-2H3,(H,21,24)/t16-/m0/s1. The van der Waals surface area contributed by atoms with E-state index in [0.717, 1.165) is 56.6 Å². The van der Waals surface area contributed by atoms with Gasteiger partial charge in [-0.05, 0) is 58.2 Å². The minimum Gasteiger partial charge on any atom is -0.376 e. The number of rotatable bonds is 5. The molecule has 6 nitrogen and oxygen atoms in total. The van der Waals surface area contributed by atoms with Crippen molar-refractivity contribution in [2.24, 2.45) is 0 Å². The van der Waals surface area contributed by atoms with E-state index in [1.54, 1.807) is 0 Å². The van der Waals surface area contributed by atoms with Gasteiger partial charge in [-0.15, -0.1) is 0 Å². The zero-order valence-corrected chi connectivity index (χ0v) is 15.3. The molecule has 1 aromatic rings. The number of hydrogen-bond donors (Lipinski definition) is 1. The van der Waals surface area contributed by atoms with Crippen LogP contribution < -0.4 is 5.32 Å². The molecule has 6 heteroatoms. The van der Waals surface area contributed by atoms with Gasteiger partial charge in [0, 0.05) is 12.3 Å². The summed E-state index contributed by atoms with van der Waals surface area (Å²) in [4.78, 5) is 14.7. The fourth-order valence-electron chi connectivity index (χ4n) is 3.84. The second-order valence-corrected chi connectivity index (χ2v) is 7.18. The number of carbonyl (C=O) groups is 1. The highest BCUT2D eigenvalue weighted by molar-refractivity contribution is 5.93. The minimum atomic E-state index is -0.0375. The van der Waals surface area contributed by atoms with E-state index in [0.29, 0.717) is 24.5 Å². The second kappa shape index (κ2) is 8.03. The van der Waals surface area contributed by atoms with Gasteiger partial charge in [-0.1, -0.05) is 6.42 Å². The fourth-order valence-corrected chi connectivity index (χ4v) is 3.84. The number of amides is 1. The summed E-state index contributed by atoms with van der Waals surface area (Å²) in [5.41, 5.74) is 2.54. The van der Waals surface area contributed by atoms with E-state index in [1.807, 2.05) is 13.8 Å². The molecular weight excluding hydrogens is 316 g/mol. The molecule has 2 aliphatic heterocycles. The third kappa shape index (κ3) is 4.05. The lowest BCUT2D eigenvalue weighted by molar-refractivity contribution is -0.117. The Balaban J connectivity index is 1.76. The Morgan fingerprint density at radius 2 is 2.04 bits per heavy atom. The predicted octanol–water partition coefficient (Wildman–Crippen LogP) is 2.58. The van der Waals surface area contributed by atoms with Crippen molar-refractivity contribution in [2.75, 3.05) is 31.6 Å². The van der Waals surface area contributed by atoms with Crippen LogP contribution in [0.15, 0.2) is 0 Å². The van der Waals surface area contributed by atoms with Gasteiger partial charge in [0.1, 0.15) is 11.9 Å². The van der Waals surface area contributed by atoms with Crippen LogP contribution in [-0.4, -0.2) is 47.7 Å². The number of nitriles is 1. The molecule has 136 valence electrons. The first kappa shape index (κ1) is 18.0. The van der Waals surface area contributed by atoms with Gasteiger partial charge in [0.05, 0.1) is 24.8 Å². The summed E-state index contributed by atoms with van der Waals surface area (Å²) in [6.07, 6.45) is 5.83. The summed E-state index contributed by atoms with van der Waals surface area (Å²) in [6.45, 7) is 7.79. The van der Waals surface area contributed by atoms with E-state index < -0.39 is 0 Å². The van der Waals surface area contributed by atoms with Gasteiger partial charge in [-0.25, -0.2) is 0 Å². The van der Waals surface area contributed by atoms with Crippen LogP contribution in [0.3, 0.4) is 0 Å². The number of carbonyl (C=O) groups excluding carboxylic acids is 1. The molecule has 0 spiro atoms. The van der Waals surface area contributed by atoms with E-state index in [1.165, 1.54) is 6.42 Å². The highest BCUT2D eigenvalue weighted by Gasteiger charge is 2.24. The smallest absolute Gasteiger partial charge is 0.239 e. The number of aromatic nitrogens is 1. The van der Waals surface area contributed by atoms with Crippen molar-refractivity contribution in [2.45, 2.75) is 58.6 Å². The quantitative estimate of drug-likeness (QED) is 0.891. The number of nitrogens with one attached hydrogen (secondary N) is 1. The number of anilines is 1. The van der Waals surface area contributed by atoms with Crippen LogP contribution in [0.2, 0.25) is 0 Å². The molecule has 0 saturated carbocycles. The van der Waals surface area contributed by atoms with Gasteiger partial charge in [0.15, 0.2) is 0 Å². The summed E-state index contributed by atoms with van der Waals surface area (Å²) in [6, 6.07) is 2.27. The SMILES string of the molecule is Cc1c(C#N)c(NC(=O)CN2CCCCC2)n(C[C@@H]2CCCO2)c1C. The number of nitrogens with zero attached hydrogens (tertiary/aromatic N) is 3. The lowest BCUT2D eigenvalue weighted by Crippen LogP contribution is -2.37. The Hall–Kier alpha value is -1.84. The van der Waals surface area contributed by atoms with Crippen molar-refractivity contribution >= 4 is 11.7 Å². The molecule has 0 aliphatic carbocycles. The molecule has 2 saturated heterocycles. The molecule has 0 bridgehead atoms. The van der Waals surface area contributed by atoms with Gasteiger partial charge < -0.3 is 14.6 Å². The Morgan fingerprint density at radius 1 is 1.28 bits per heavy atom. The van der Waals surface area contributed by atoms with E-state index in [2.05, 4.69) is 20.9 Å². The van der Waals surface area contributed by atoms with Crippen LogP contribution in [0.4, 0.5) is 5.82 Å². The molecule has 0 unspecified atom stereocenters.